The lowest BCUT2D eigenvalue weighted by Gasteiger charge is -2.20. The second kappa shape index (κ2) is 13.9. The molecule has 2 aromatic heterocycles. The van der Waals surface area contributed by atoms with Gasteiger partial charge in [0.05, 0.1) is 10.9 Å². The number of nitrogens with zero attached hydrogens (tertiary/aromatic N) is 2. The lowest BCUT2D eigenvalue weighted by atomic mass is 10.0. The average Bonchev–Trinajstić information content (AvgIpc) is 2.91. The Morgan fingerprint density at radius 2 is 1.76 bits per heavy atom. The molecule has 0 radical (unpaired) electrons. The van der Waals surface area contributed by atoms with Crippen LogP contribution in [0, 0.1) is 12.3 Å². The number of allylic oxidation sites excluding steroid dienone is 1. The monoisotopic (exact) mass is 509 g/mol. The van der Waals surface area contributed by atoms with Gasteiger partial charge in [-0.15, -0.1) is 24.1 Å². The van der Waals surface area contributed by atoms with Crippen LogP contribution in [0.4, 0.5) is 11.5 Å². The first-order valence-corrected chi connectivity index (χ1v) is 13.3. The topological polar surface area (TPSA) is 64.0 Å². The third-order valence-corrected chi connectivity index (χ3v) is 6.23. The molecule has 0 aliphatic rings. The number of para-hydroxylation sites is 2. The summed E-state index contributed by atoms with van der Waals surface area (Å²) in [7, 11) is 0. The van der Waals surface area contributed by atoms with Crippen molar-refractivity contribution in [1.29, 1.82) is 0 Å². The third kappa shape index (κ3) is 7.22. The maximum atomic E-state index is 13.1. The van der Waals surface area contributed by atoms with Crippen molar-refractivity contribution in [3.05, 3.63) is 106 Å². The predicted octanol–water partition coefficient (Wildman–Crippen LogP) is 6.93. The van der Waals surface area contributed by atoms with E-state index >= 15 is 0 Å². The van der Waals surface area contributed by atoms with Gasteiger partial charge in [0.1, 0.15) is 5.82 Å². The molecule has 0 aliphatic carbocycles. The van der Waals surface area contributed by atoms with E-state index in [0.717, 1.165) is 28.0 Å². The first-order valence-electron chi connectivity index (χ1n) is 12.0. The van der Waals surface area contributed by atoms with E-state index in [4.69, 9.17) is 0 Å². The van der Waals surface area contributed by atoms with Crippen LogP contribution in [-0.2, 0) is 11.2 Å². The van der Waals surface area contributed by atoms with Gasteiger partial charge in [-0.1, -0.05) is 36.4 Å². The second-order valence-electron chi connectivity index (χ2n) is 8.35. The summed E-state index contributed by atoms with van der Waals surface area (Å²) >= 11 is 1.54. The Kier molecular flexibility index (Phi) is 10.3. The molecular formula is C31H31N3O2S. The number of fused-ring (bicyclic) bond motifs is 1. The molecule has 6 heteroatoms. The van der Waals surface area contributed by atoms with E-state index in [9.17, 15) is 9.59 Å². The maximum absolute atomic E-state index is 13.1. The van der Waals surface area contributed by atoms with E-state index in [1.807, 2.05) is 85.4 Å². The molecule has 188 valence electrons. The zero-order valence-electron chi connectivity index (χ0n) is 21.4. The molecule has 0 saturated heterocycles. The van der Waals surface area contributed by atoms with Crippen molar-refractivity contribution in [2.24, 2.45) is 0 Å². The molecule has 0 unspecified atom stereocenters. The molecular weight excluding hydrogens is 478 g/mol. The maximum Gasteiger partial charge on any atom is 0.193 e. The summed E-state index contributed by atoms with van der Waals surface area (Å²) in [5.41, 5.74) is 4.27. The highest BCUT2D eigenvalue weighted by atomic mass is 32.2. The molecule has 5 nitrogen and oxygen atoms in total. The number of carbonyl (C=O) groups is 1. The van der Waals surface area contributed by atoms with Gasteiger partial charge < -0.3 is 5.32 Å². The minimum atomic E-state index is -0.0928. The minimum absolute atomic E-state index is 0.0928. The highest BCUT2D eigenvalue weighted by Crippen LogP contribution is 2.27. The minimum Gasteiger partial charge on any atom is -0.341 e. The molecule has 0 bridgehead atoms. The Balaban J connectivity index is 0.00000121. The SMILES string of the molecule is C#CC.CS/C=C(\C)C(=O)CCCc1cncc2c(=O)cc(Nc3ccccc3)n(-c3ccccc3)c12. The van der Waals surface area contributed by atoms with E-state index in [1.54, 1.807) is 19.2 Å². The van der Waals surface area contributed by atoms with Crippen LogP contribution >= 0.6 is 11.8 Å². The van der Waals surface area contributed by atoms with Crippen molar-refractivity contribution in [2.45, 2.75) is 33.1 Å². The van der Waals surface area contributed by atoms with Gasteiger partial charge in [0.2, 0.25) is 0 Å². The number of hydrogen-bond acceptors (Lipinski definition) is 5. The van der Waals surface area contributed by atoms with E-state index in [2.05, 4.69) is 27.2 Å². The zero-order valence-corrected chi connectivity index (χ0v) is 22.2. The number of terminal acetylenes is 1. The third-order valence-electron chi connectivity index (χ3n) is 5.64. The summed E-state index contributed by atoms with van der Waals surface area (Å²) in [5.74, 6) is 3.08. The largest absolute Gasteiger partial charge is 0.341 e. The molecule has 0 atom stereocenters. The molecule has 0 spiro atoms. The van der Waals surface area contributed by atoms with Crippen LogP contribution in [-0.4, -0.2) is 21.6 Å². The molecule has 0 aliphatic heterocycles. The Labute approximate surface area is 222 Å². The fourth-order valence-electron chi connectivity index (χ4n) is 4.00. The fourth-order valence-corrected chi connectivity index (χ4v) is 4.48. The standard InChI is InChI=1S/C28H27N3O2S.C3H4/c1-20(19-34-2)25(32)15-9-10-21-17-29-18-24-26(33)16-27(30-22-11-5-3-6-12-22)31(28(21)24)23-13-7-4-8-14-23;1-3-2/h3-8,11-14,16-19,30H,9-10,15H2,1-2H3;1H,2H3/b20-19+;. The van der Waals surface area contributed by atoms with E-state index < -0.39 is 0 Å². The lowest BCUT2D eigenvalue weighted by molar-refractivity contribution is -0.115. The van der Waals surface area contributed by atoms with Crippen molar-refractivity contribution in [3.63, 3.8) is 0 Å². The summed E-state index contributed by atoms with van der Waals surface area (Å²) in [6, 6.07) is 21.4. The first-order chi connectivity index (χ1) is 18.0. The van der Waals surface area contributed by atoms with Crippen LogP contribution in [0.25, 0.3) is 16.6 Å². The summed E-state index contributed by atoms with van der Waals surface area (Å²) < 4.78 is 2.07. The van der Waals surface area contributed by atoms with Crippen LogP contribution in [0.1, 0.15) is 32.3 Å². The van der Waals surface area contributed by atoms with Crippen molar-refractivity contribution < 1.29 is 4.79 Å². The molecule has 37 heavy (non-hydrogen) atoms. The Hall–Kier alpha value is -4.08. The number of Topliss-reactive ketones (excluding diaryl/α,β-unsaturated/α-hetero) is 1. The molecule has 0 fully saturated rings. The number of ketones is 1. The number of carbonyl (C=O) groups excluding carboxylic acids is 1. The van der Waals surface area contributed by atoms with Crippen LogP contribution < -0.4 is 10.7 Å². The van der Waals surface area contributed by atoms with E-state index in [-0.39, 0.29) is 11.2 Å². The van der Waals surface area contributed by atoms with Crippen molar-refractivity contribution in [1.82, 2.24) is 9.55 Å². The highest BCUT2D eigenvalue weighted by Gasteiger charge is 2.16. The molecule has 0 amide bonds. The first kappa shape index (κ1) is 27.5. The summed E-state index contributed by atoms with van der Waals surface area (Å²) in [6.45, 7) is 3.51. The number of benzene rings is 2. The van der Waals surface area contributed by atoms with Gasteiger partial charge in [-0.2, -0.15) is 0 Å². The number of nitrogens with one attached hydrogen (secondary N) is 1. The van der Waals surface area contributed by atoms with Crippen LogP contribution in [0.2, 0.25) is 0 Å². The van der Waals surface area contributed by atoms with Crippen LogP contribution in [0.5, 0.6) is 0 Å². The Morgan fingerprint density at radius 1 is 1.11 bits per heavy atom. The van der Waals surface area contributed by atoms with Gasteiger partial charge in [-0.05, 0) is 73.8 Å². The summed E-state index contributed by atoms with van der Waals surface area (Å²) in [6.07, 6.45) is 11.8. The normalized spacial score (nSPS) is 10.8. The number of anilines is 2. The summed E-state index contributed by atoms with van der Waals surface area (Å²) in [4.78, 5) is 29.9. The summed E-state index contributed by atoms with van der Waals surface area (Å²) in [5, 5.41) is 5.86. The Bertz CT molecular complexity index is 1470. The van der Waals surface area contributed by atoms with Gasteiger partial charge in [-0.3, -0.25) is 19.1 Å². The van der Waals surface area contributed by atoms with Crippen LogP contribution in [0.15, 0.2) is 94.9 Å². The molecule has 4 rings (SSSR count). The quantitative estimate of drug-likeness (QED) is 0.196. The fraction of sp³-hybridized carbons (Fsp3) is 0.194. The Morgan fingerprint density at radius 3 is 2.41 bits per heavy atom. The van der Waals surface area contributed by atoms with Gasteiger partial charge in [0.15, 0.2) is 11.2 Å². The van der Waals surface area contributed by atoms with Crippen molar-refractivity contribution in [2.75, 3.05) is 11.6 Å². The van der Waals surface area contributed by atoms with Gasteiger partial charge in [-0.25, -0.2) is 0 Å². The number of thioether (sulfide) groups is 1. The van der Waals surface area contributed by atoms with Gasteiger partial charge in [0.25, 0.3) is 0 Å². The number of pyridine rings is 2. The van der Waals surface area contributed by atoms with E-state index in [1.165, 1.54) is 11.8 Å². The number of aryl methyl sites for hydroxylation is 1. The average molecular weight is 510 g/mol. The van der Waals surface area contributed by atoms with Crippen molar-refractivity contribution >= 4 is 40.0 Å². The van der Waals surface area contributed by atoms with Crippen LogP contribution in [0.3, 0.4) is 0 Å². The van der Waals surface area contributed by atoms with Gasteiger partial charge >= 0.3 is 0 Å². The zero-order chi connectivity index (χ0) is 26.6. The number of hydrogen-bond donors (Lipinski definition) is 1. The highest BCUT2D eigenvalue weighted by molar-refractivity contribution is 8.01. The molecule has 2 aromatic carbocycles. The molecule has 1 N–H and O–H groups in total. The number of rotatable bonds is 9. The second-order valence-corrected chi connectivity index (χ2v) is 9.06. The smallest absolute Gasteiger partial charge is 0.193 e. The molecule has 2 heterocycles. The van der Waals surface area contributed by atoms with Gasteiger partial charge in [0, 0.05) is 36.3 Å². The number of aromatic nitrogens is 2. The van der Waals surface area contributed by atoms with Crippen molar-refractivity contribution in [3.8, 4) is 18.0 Å². The van der Waals surface area contributed by atoms with E-state index in [0.29, 0.717) is 30.5 Å². The predicted molar refractivity (Wildman–Crippen MR) is 157 cm³/mol. The lowest BCUT2D eigenvalue weighted by Crippen LogP contribution is -2.14. The molecule has 4 aromatic rings. The molecule has 0 saturated carbocycles.